The van der Waals surface area contributed by atoms with Gasteiger partial charge in [-0.25, -0.2) is 4.98 Å². The van der Waals surface area contributed by atoms with Gasteiger partial charge in [0, 0.05) is 24.6 Å². The van der Waals surface area contributed by atoms with Crippen molar-refractivity contribution in [2.24, 2.45) is 0 Å². The number of hydrogen-bond donors (Lipinski definition) is 2. The summed E-state index contributed by atoms with van der Waals surface area (Å²) in [5.41, 5.74) is 4.17. The predicted molar refractivity (Wildman–Crippen MR) is 74.7 cm³/mol. The first-order valence-corrected chi connectivity index (χ1v) is 6.37. The quantitative estimate of drug-likeness (QED) is 0.751. The van der Waals surface area contributed by atoms with Crippen LogP contribution in [0.2, 0.25) is 0 Å². The Bertz CT molecular complexity index is 676. The molecule has 0 aliphatic heterocycles. The molecule has 4 nitrogen and oxygen atoms in total. The molecule has 96 valence electrons. The fourth-order valence-corrected chi connectivity index (χ4v) is 2.14. The van der Waals surface area contributed by atoms with Crippen LogP contribution in [0.3, 0.4) is 0 Å². The molecular formula is C15H15N3O. The topological polar surface area (TPSA) is 61.8 Å². The summed E-state index contributed by atoms with van der Waals surface area (Å²) >= 11 is 0. The Morgan fingerprint density at radius 1 is 1.21 bits per heavy atom. The third kappa shape index (κ3) is 2.48. The molecular weight excluding hydrogens is 238 g/mol. The molecule has 0 bridgehead atoms. The number of benzene rings is 1. The van der Waals surface area contributed by atoms with Crippen LogP contribution in [0.25, 0.3) is 22.4 Å². The highest BCUT2D eigenvalue weighted by molar-refractivity contribution is 5.79. The van der Waals surface area contributed by atoms with E-state index in [1.54, 1.807) is 12.4 Å². The number of rotatable bonds is 4. The van der Waals surface area contributed by atoms with Gasteiger partial charge in [0.1, 0.15) is 5.82 Å². The number of aliphatic hydroxyl groups is 1. The van der Waals surface area contributed by atoms with Crippen LogP contribution in [-0.2, 0) is 6.42 Å². The summed E-state index contributed by atoms with van der Waals surface area (Å²) in [7, 11) is 0. The molecule has 1 aromatic carbocycles. The molecule has 2 heterocycles. The maximum absolute atomic E-state index is 8.87. The Kier molecular flexibility index (Phi) is 3.25. The van der Waals surface area contributed by atoms with Crippen LogP contribution < -0.4 is 0 Å². The number of imidazole rings is 1. The van der Waals surface area contributed by atoms with Gasteiger partial charge in [0.15, 0.2) is 0 Å². The Morgan fingerprint density at radius 3 is 2.95 bits per heavy atom. The second kappa shape index (κ2) is 5.20. The van der Waals surface area contributed by atoms with Crippen LogP contribution in [-0.4, -0.2) is 26.7 Å². The zero-order valence-electron chi connectivity index (χ0n) is 10.5. The lowest BCUT2D eigenvalue weighted by Crippen LogP contribution is -1.88. The molecule has 0 saturated heterocycles. The number of H-pyrrole nitrogens is 1. The highest BCUT2D eigenvalue weighted by Gasteiger charge is 2.05. The average Bonchev–Trinajstić information content (AvgIpc) is 2.89. The van der Waals surface area contributed by atoms with Crippen molar-refractivity contribution in [3.63, 3.8) is 0 Å². The second-order valence-electron chi connectivity index (χ2n) is 4.51. The Labute approximate surface area is 111 Å². The van der Waals surface area contributed by atoms with Gasteiger partial charge in [-0.05, 0) is 42.7 Å². The molecule has 4 heteroatoms. The maximum atomic E-state index is 8.87. The van der Waals surface area contributed by atoms with Crippen LogP contribution in [0, 0.1) is 0 Å². The molecule has 0 amide bonds. The summed E-state index contributed by atoms with van der Waals surface area (Å²) in [5, 5.41) is 8.87. The largest absolute Gasteiger partial charge is 0.396 e. The first-order chi connectivity index (χ1) is 9.36. The molecule has 0 aliphatic carbocycles. The van der Waals surface area contributed by atoms with Gasteiger partial charge < -0.3 is 10.1 Å². The van der Waals surface area contributed by atoms with Crippen molar-refractivity contribution >= 4 is 11.0 Å². The number of pyridine rings is 1. The van der Waals surface area contributed by atoms with Crippen molar-refractivity contribution in [3.8, 4) is 11.4 Å². The monoisotopic (exact) mass is 253 g/mol. The zero-order chi connectivity index (χ0) is 13.1. The van der Waals surface area contributed by atoms with E-state index < -0.39 is 0 Å². The van der Waals surface area contributed by atoms with Crippen molar-refractivity contribution in [2.45, 2.75) is 12.8 Å². The molecule has 0 atom stereocenters. The number of fused-ring (bicyclic) bond motifs is 1. The summed E-state index contributed by atoms with van der Waals surface area (Å²) in [5.74, 6) is 0.836. The first-order valence-electron chi connectivity index (χ1n) is 6.37. The Hall–Kier alpha value is -2.20. The van der Waals surface area contributed by atoms with E-state index >= 15 is 0 Å². The van der Waals surface area contributed by atoms with E-state index in [2.05, 4.69) is 27.1 Å². The van der Waals surface area contributed by atoms with E-state index in [1.807, 2.05) is 18.2 Å². The molecule has 0 unspecified atom stereocenters. The normalized spacial score (nSPS) is 11.0. The third-order valence-electron chi connectivity index (χ3n) is 3.10. The van der Waals surface area contributed by atoms with E-state index in [-0.39, 0.29) is 6.61 Å². The summed E-state index contributed by atoms with van der Waals surface area (Å²) in [6.45, 7) is 0.224. The summed E-state index contributed by atoms with van der Waals surface area (Å²) in [6, 6.07) is 10.1. The van der Waals surface area contributed by atoms with E-state index in [4.69, 9.17) is 5.11 Å². The number of nitrogens with one attached hydrogen (secondary N) is 1. The summed E-state index contributed by atoms with van der Waals surface area (Å²) in [6.07, 6.45) is 5.21. The molecule has 2 aromatic heterocycles. The van der Waals surface area contributed by atoms with Crippen LogP contribution in [0.15, 0.2) is 42.7 Å². The fourth-order valence-electron chi connectivity index (χ4n) is 2.14. The molecule has 3 aromatic rings. The van der Waals surface area contributed by atoms with Crippen molar-refractivity contribution in [2.75, 3.05) is 6.61 Å². The minimum atomic E-state index is 0.224. The lowest BCUT2D eigenvalue weighted by atomic mass is 10.1. The van der Waals surface area contributed by atoms with Gasteiger partial charge in [-0.2, -0.15) is 0 Å². The van der Waals surface area contributed by atoms with Crippen LogP contribution in [0.5, 0.6) is 0 Å². The molecule has 0 saturated carbocycles. The maximum Gasteiger partial charge on any atom is 0.140 e. The second-order valence-corrected chi connectivity index (χ2v) is 4.51. The number of aromatic nitrogens is 3. The number of aliphatic hydroxyl groups excluding tert-OH is 1. The number of nitrogens with zero attached hydrogens (tertiary/aromatic N) is 2. The highest BCUT2D eigenvalue weighted by Crippen LogP contribution is 2.20. The first kappa shape index (κ1) is 11.9. The van der Waals surface area contributed by atoms with Crippen LogP contribution in [0.1, 0.15) is 12.0 Å². The average molecular weight is 253 g/mol. The Morgan fingerprint density at radius 2 is 2.16 bits per heavy atom. The van der Waals surface area contributed by atoms with Crippen molar-refractivity contribution in [1.82, 2.24) is 15.0 Å². The van der Waals surface area contributed by atoms with Gasteiger partial charge in [0.05, 0.1) is 11.0 Å². The van der Waals surface area contributed by atoms with E-state index in [0.29, 0.717) is 0 Å². The van der Waals surface area contributed by atoms with Crippen LogP contribution >= 0.6 is 0 Å². The van der Waals surface area contributed by atoms with Gasteiger partial charge in [-0.1, -0.05) is 6.07 Å². The summed E-state index contributed by atoms with van der Waals surface area (Å²) in [4.78, 5) is 12.0. The molecule has 3 rings (SSSR count). The molecule has 0 spiro atoms. The third-order valence-corrected chi connectivity index (χ3v) is 3.10. The number of aromatic amines is 1. The smallest absolute Gasteiger partial charge is 0.140 e. The zero-order valence-corrected chi connectivity index (χ0v) is 10.5. The van der Waals surface area contributed by atoms with Gasteiger partial charge >= 0.3 is 0 Å². The molecule has 0 fully saturated rings. The highest BCUT2D eigenvalue weighted by atomic mass is 16.2. The van der Waals surface area contributed by atoms with E-state index in [0.717, 1.165) is 35.3 Å². The lowest BCUT2D eigenvalue weighted by Gasteiger charge is -1.98. The molecule has 2 N–H and O–H groups in total. The van der Waals surface area contributed by atoms with Gasteiger partial charge in [0.2, 0.25) is 0 Å². The predicted octanol–water partition coefficient (Wildman–Crippen LogP) is 2.55. The Balaban J connectivity index is 1.97. The minimum Gasteiger partial charge on any atom is -0.396 e. The fraction of sp³-hybridized carbons (Fsp3) is 0.200. The van der Waals surface area contributed by atoms with E-state index in [9.17, 15) is 0 Å². The molecule has 0 radical (unpaired) electrons. The van der Waals surface area contributed by atoms with Crippen molar-refractivity contribution in [1.29, 1.82) is 0 Å². The van der Waals surface area contributed by atoms with Gasteiger partial charge in [0.25, 0.3) is 0 Å². The number of aryl methyl sites for hydroxylation is 1. The minimum absolute atomic E-state index is 0.224. The van der Waals surface area contributed by atoms with Gasteiger partial charge in [-0.15, -0.1) is 0 Å². The van der Waals surface area contributed by atoms with E-state index in [1.165, 1.54) is 5.56 Å². The molecule has 19 heavy (non-hydrogen) atoms. The van der Waals surface area contributed by atoms with Crippen molar-refractivity contribution in [3.05, 3.63) is 48.3 Å². The number of hydrogen-bond acceptors (Lipinski definition) is 3. The molecule has 0 aliphatic rings. The summed E-state index contributed by atoms with van der Waals surface area (Å²) < 4.78 is 0. The SMILES string of the molecule is OCCCc1ccc2nc(-c3cccnc3)[nH]c2c1. The van der Waals surface area contributed by atoms with Crippen LogP contribution in [0.4, 0.5) is 0 Å². The van der Waals surface area contributed by atoms with Gasteiger partial charge in [-0.3, -0.25) is 4.98 Å². The standard InChI is InChI=1S/C15H15N3O/c19-8-2-3-11-5-6-13-14(9-11)18-15(17-13)12-4-1-7-16-10-12/h1,4-7,9-10,19H,2-3,8H2,(H,17,18). The van der Waals surface area contributed by atoms with Crippen molar-refractivity contribution < 1.29 is 5.11 Å². The lowest BCUT2D eigenvalue weighted by molar-refractivity contribution is 0.288.